The number of hydrogen-bond donors (Lipinski definition) is 0. The predicted molar refractivity (Wildman–Crippen MR) is 82.5 cm³/mol. The Morgan fingerprint density at radius 1 is 0.773 bits per heavy atom. The van der Waals surface area contributed by atoms with Gasteiger partial charge in [0.15, 0.2) is 0 Å². The summed E-state index contributed by atoms with van der Waals surface area (Å²) in [5.41, 5.74) is 0.956. The van der Waals surface area contributed by atoms with Crippen LogP contribution in [0.25, 0.3) is 0 Å². The molecule has 22 heavy (non-hydrogen) atoms. The molecule has 0 spiro atoms. The lowest BCUT2D eigenvalue weighted by Crippen LogP contribution is -2.32. The number of amides is 4. The van der Waals surface area contributed by atoms with Crippen molar-refractivity contribution in [1.82, 2.24) is 9.80 Å². The number of rotatable bonds is 2. The van der Waals surface area contributed by atoms with E-state index in [4.69, 9.17) is 0 Å². The van der Waals surface area contributed by atoms with Gasteiger partial charge in [-0.05, 0) is 5.56 Å². The predicted octanol–water partition coefficient (Wildman–Crippen LogP) is 1.59. The first kappa shape index (κ1) is 19.5. The van der Waals surface area contributed by atoms with Crippen LogP contribution in [0.5, 0.6) is 0 Å². The zero-order valence-corrected chi connectivity index (χ0v) is 13.6. The summed E-state index contributed by atoms with van der Waals surface area (Å²) in [7, 11) is 1.45. The average Bonchev–Trinajstić information content (AvgIpc) is 2.44. The van der Waals surface area contributed by atoms with E-state index in [-0.39, 0.29) is 23.6 Å². The summed E-state index contributed by atoms with van der Waals surface area (Å²) in [4.78, 5) is 45.0. The molecule has 1 aromatic carbocycles. The first-order valence-corrected chi connectivity index (χ1v) is 6.74. The van der Waals surface area contributed by atoms with E-state index in [9.17, 15) is 19.2 Å². The van der Waals surface area contributed by atoms with E-state index in [1.807, 2.05) is 30.3 Å². The number of nitrogens with zero attached hydrogens (tertiary/aromatic N) is 2. The highest BCUT2D eigenvalue weighted by molar-refractivity contribution is 5.93. The van der Waals surface area contributed by atoms with Crippen molar-refractivity contribution in [3.05, 3.63) is 35.9 Å². The number of imide groups is 2. The molecule has 6 heteroatoms. The van der Waals surface area contributed by atoms with Gasteiger partial charge in [0.1, 0.15) is 0 Å². The van der Waals surface area contributed by atoms with Gasteiger partial charge >= 0.3 is 0 Å². The highest BCUT2D eigenvalue weighted by Gasteiger charge is 2.13. The summed E-state index contributed by atoms with van der Waals surface area (Å²) < 4.78 is 0. The summed E-state index contributed by atoms with van der Waals surface area (Å²) in [5, 5.41) is 0. The topological polar surface area (TPSA) is 74.8 Å². The fourth-order valence-electron chi connectivity index (χ4n) is 1.43. The van der Waals surface area contributed by atoms with Crippen LogP contribution in [-0.4, -0.2) is 40.5 Å². The molecule has 0 aromatic heterocycles. The van der Waals surface area contributed by atoms with Gasteiger partial charge in [0.25, 0.3) is 0 Å². The molecule has 0 heterocycles. The second kappa shape index (κ2) is 9.44. The van der Waals surface area contributed by atoms with E-state index in [2.05, 4.69) is 0 Å². The van der Waals surface area contributed by atoms with E-state index >= 15 is 0 Å². The second-order valence-corrected chi connectivity index (χ2v) is 4.71. The van der Waals surface area contributed by atoms with Crippen molar-refractivity contribution in [2.45, 2.75) is 34.2 Å². The maximum Gasteiger partial charge on any atom is 0.226 e. The molecule has 120 valence electrons. The first-order chi connectivity index (χ1) is 10.2. The van der Waals surface area contributed by atoms with Gasteiger partial charge in [-0.25, -0.2) is 0 Å². The van der Waals surface area contributed by atoms with Crippen molar-refractivity contribution in [1.29, 1.82) is 0 Å². The third-order valence-electron chi connectivity index (χ3n) is 2.89. The molecule has 0 aliphatic carbocycles. The summed E-state index contributed by atoms with van der Waals surface area (Å²) in [6, 6.07) is 9.44. The molecule has 0 saturated heterocycles. The Balaban J connectivity index is 0.000000472. The molecule has 0 saturated carbocycles. The first-order valence-electron chi connectivity index (χ1n) is 6.74. The van der Waals surface area contributed by atoms with Crippen molar-refractivity contribution in [2.75, 3.05) is 7.05 Å². The van der Waals surface area contributed by atoms with E-state index in [0.717, 1.165) is 10.5 Å². The van der Waals surface area contributed by atoms with Crippen LogP contribution in [0.15, 0.2) is 30.3 Å². The largest absolute Gasteiger partial charge is 0.286 e. The summed E-state index contributed by atoms with van der Waals surface area (Å²) in [5.74, 6) is -0.891. The average molecular weight is 306 g/mol. The molecule has 0 unspecified atom stereocenters. The minimum Gasteiger partial charge on any atom is -0.286 e. The van der Waals surface area contributed by atoms with E-state index in [0.29, 0.717) is 6.54 Å². The van der Waals surface area contributed by atoms with Crippen molar-refractivity contribution < 1.29 is 19.2 Å². The van der Waals surface area contributed by atoms with Gasteiger partial charge in [-0.1, -0.05) is 30.3 Å². The van der Waals surface area contributed by atoms with E-state index < -0.39 is 0 Å². The molecule has 6 nitrogen and oxygen atoms in total. The van der Waals surface area contributed by atoms with Gasteiger partial charge in [-0.15, -0.1) is 0 Å². The van der Waals surface area contributed by atoms with Crippen LogP contribution in [0, 0.1) is 0 Å². The molecule has 0 fully saturated rings. The smallest absolute Gasteiger partial charge is 0.226 e. The fourth-order valence-corrected chi connectivity index (χ4v) is 1.43. The zero-order valence-electron chi connectivity index (χ0n) is 13.6. The summed E-state index contributed by atoms with van der Waals surface area (Å²) >= 11 is 0. The summed E-state index contributed by atoms with van der Waals surface area (Å²) in [6.07, 6.45) is 0. The van der Waals surface area contributed by atoms with E-state index in [1.165, 1.54) is 39.6 Å². The summed E-state index contributed by atoms with van der Waals surface area (Å²) in [6.45, 7) is 5.84. The Morgan fingerprint density at radius 2 is 1.18 bits per heavy atom. The maximum absolute atomic E-state index is 11.1. The fraction of sp³-hybridized carbons (Fsp3) is 0.375. The van der Waals surface area contributed by atoms with Crippen LogP contribution in [0.1, 0.15) is 33.3 Å². The maximum atomic E-state index is 11.1. The number of carbonyl (C=O) groups excluding carboxylic acids is 4. The van der Waals surface area contributed by atoms with Gasteiger partial charge in [-0.2, -0.15) is 0 Å². The minimum atomic E-state index is -0.225. The van der Waals surface area contributed by atoms with Crippen molar-refractivity contribution in [2.24, 2.45) is 0 Å². The van der Waals surface area contributed by atoms with Gasteiger partial charge in [-0.3, -0.25) is 29.0 Å². The molecule has 0 aliphatic heterocycles. The quantitative estimate of drug-likeness (QED) is 0.831. The van der Waals surface area contributed by atoms with Crippen LogP contribution in [0.3, 0.4) is 0 Å². The Bertz CT molecular complexity index is 512. The highest BCUT2D eigenvalue weighted by Crippen LogP contribution is 2.04. The van der Waals surface area contributed by atoms with Crippen molar-refractivity contribution >= 4 is 23.6 Å². The number of benzene rings is 1. The standard InChI is InChI=1S/C11H13NO2.C5H9NO2/c1-9(13)12(10(2)14)8-11-6-4-3-5-7-11;1-4(7)6(3)5(2)8/h3-7H,8H2,1-2H3;1-3H3. The Labute approximate surface area is 130 Å². The lowest BCUT2D eigenvalue weighted by atomic mass is 10.2. The van der Waals surface area contributed by atoms with Crippen molar-refractivity contribution in [3.63, 3.8) is 0 Å². The molecule has 0 N–H and O–H groups in total. The lowest BCUT2D eigenvalue weighted by molar-refractivity contribution is -0.143. The van der Waals surface area contributed by atoms with Gasteiger partial charge in [0.05, 0.1) is 6.54 Å². The number of carbonyl (C=O) groups is 4. The van der Waals surface area contributed by atoms with Crippen LogP contribution in [-0.2, 0) is 25.7 Å². The SMILES string of the molecule is CC(=O)N(C)C(C)=O.CC(=O)N(Cc1ccccc1)C(C)=O. The number of hydrogen-bond acceptors (Lipinski definition) is 4. The third-order valence-corrected chi connectivity index (χ3v) is 2.89. The highest BCUT2D eigenvalue weighted by atomic mass is 16.2. The third kappa shape index (κ3) is 7.33. The molecule has 0 bridgehead atoms. The van der Waals surface area contributed by atoms with Gasteiger partial charge in [0, 0.05) is 34.7 Å². The Kier molecular flexibility index (Phi) is 8.37. The Morgan fingerprint density at radius 3 is 1.45 bits per heavy atom. The molecule has 4 amide bonds. The van der Waals surface area contributed by atoms with Crippen molar-refractivity contribution in [3.8, 4) is 0 Å². The molecular weight excluding hydrogens is 284 g/mol. The minimum absolute atomic E-state index is 0.221. The zero-order chi connectivity index (χ0) is 17.3. The normalized spacial score (nSPS) is 9.14. The molecule has 1 rings (SSSR count). The molecular formula is C16H22N2O4. The van der Waals surface area contributed by atoms with Crippen LogP contribution in [0.2, 0.25) is 0 Å². The van der Waals surface area contributed by atoms with Gasteiger partial charge < -0.3 is 0 Å². The van der Waals surface area contributed by atoms with E-state index in [1.54, 1.807) is 0 Å². The second-order valence-electron chi connectivity index (χ2n) is 4.71. The molecule has 1 aromatic rings. The van der Waals surface area contributed by atoms with Gasteiger partial charge in [0.2, 0.25) is 23.6 Å². The Hall–Kier alpha value is -2.50. The van der Waals surface area contributed by atoms with Crippen LogP contribution >= 0.6 is 0 Å². The molecule has 0 aliphatic rings. The van der Waals surface area contributed by atoms with Crippen LogP contribution in [0.4, 0.5) is 0 Å². The lowest BCUT2D eigenvalue weighted by Gasteiger charge is -2.16. The van der Waals surface area contributed by atoms with Crippen LogP contribution < -0.4 is 0 Å². The molecule has 0 atom stereocenters. The monoisotopic (exact) mass is 306 g/mol. The molecule has 0 radical (unpaired) electrons.